The van der Waals surface area contributed by atoms with Gasteiger partial charge in [0.15, 0.2) is 0 Å². The molecule has 1 fully saturated rings. The zero-order chi connectivity index (χ0) is 10.7. The summed E-state index contributed by atoms with van der Waals surface area (Å²) in [6.07, 6.45) is 0.699. The molecule has 4 heteroatoms. The van der Waals surface area contributed by atoms with E-state index in [1.807, 2.05) is 0 Å². The number of aliphatic carboxylic acids is 1. The van der Waals surface area contributed by atoms with Crippen LogP contribution in [0, 0.1) is 11.8 Å². The molecular weight excluding hydrogens is 182 g/mol. The number of carboxylic acid groups (broad SMARTS) is 1. The maximum Gasteiger partial charge on any atom is 0.307 e. The second-order valence-electron chi connectivity index (χ2n) is 4.29. The second-order valence-corrected chi connectivity index (χ2v) is 4.29. The fourth-order valence-corrected chi connectivity index (χ4v) is 1.89. The molecule has 82 valence electrons. The molecule has 14 heavy (non-hydrogen) atoms. The summed E-state index contributed by atoms with van der Waals surface area (Å²) in [7, 11) is 0. The van der Waals surface area contributed by atoms with E-state index in [9.17, 15) is 9.90 Å². The average Bonchev–Trinajstić information content (AvgIpc) is 2.52. The van der Waals surface area contributed by atoms with Crippen LogP contribution in [0.1, 0.15) is 20.3 Å². The maximum absolute atomic E-state index is 10.6. The van der Waals surface area contributed by atoms with E-state index in [0.717, 1.165) is 19.5 Å². The Morgan fingerprint density at radius 2 is 2.21 bits per heavy atom. The first-order valence-corrected chi connectivity index (χ1v) is 5.14. The molecule has 0 aromatic carbocycles. The molecule has 0 aliphatic carbocycles. The molecule has 0 radical (unpaired) electrons. The number of hydrogen-bond donors (Lipinski definition) is 2. The summed E-state index contributed by atoms with van der Waals surface area (Å²) in [6, 6.07) is 0. The van der Waals surface area contributed by atoms with Crippen LogP contribution < -0.4 is 0 Å². The van der Waals surface area contributed by atoms with Crippen molar-refractivity contribution < 1.29 is 15.0 Å². The molecule has 1 aliphatic rings. The normalized spacial score (nSPS) is 27.5. The standard InChI is InChI=1S/C10H19NO3/c1-7(10(13)14)5-11-4-3-9(6-11)8(2)12/h7-9,12H,3-6H2,1-2H3,(H,13,14). The number of likely N-dealkylation sites (tertiary alicyclic amines) is 1. The van der Waals surface area contributed by atoms with Crippen molar-refractivity contribution in [3.63, 3.8) is 0 Å². The van der Waals surface area contributed by atoms with E-state index in [-0.39, 0.29) is 12.0 Å². The van der Waals surface area contributed by atoms with Gasteiger partial charge in [0.2, 0.25) is 0 Å². The van der Waals surface area contributed by atoms with Crippen LogP contribution in [0.2, 0.25) is 0 Å². The van der Waals surface area contributed by atoms with Crippen LogP contribution in [0.3, 0.4) is 0 Å². The molecule has 1 saturated heterocycles. The van der Waals surface area contributed by atoms with Crippen molar-refractivity contribution in [2.75, 3.05) is 19.6 Å². The van der Waals surface area contributed by atoms with Crippen molar-refractivity contribution in [3.8, 4) is 0 Å². The van der Waals surface area contributed by atoms with Gasteiger partial charge in [-0.1, -0.05) is 6.92 Å². The number of aliphatic hydroxyl groups excluding tert-OH is 1. The molecule has 0 spiro atoms. The van der Waals surface area contributed by atoms with Crippen molar-refractivity contribution >= 4 is 5.97 Å². The largest absolute Gasteiger partial charge is 0.481 e. The van der Waals surface area contributed by atoms with Gasteiger partial charge >= 0.3 is 5.97 Å². The Balaban J connectivity index is 2.32. The van der Waals surface area contributed by atoms with Gasteiger partial charge in [0.05, 0.1) is 12.0 Å². The van der Waals surface area contributed by atoms with Gasteiger partial charge in [-0.2, -0.15) is 0 Å². The topological polar surface area (TPSA) is 60.8 Å². The van der Waals surface area contributed by atoms with Crippen LogP contribution in [0.4, 0.5) is 0 Å². The minimum absolute atomic E-state index is 0.278. The van der Waals surface area contributed by atoms with Gasteiger partial charge in [-0.3, -0.25) is 4.79 Å². The van der Waals surface area contributed by atoms with Crippen molar-refractivity contribution in [2.45, 2.75) is 26.4 Å². The van der Waals surface area contributed by atoms with E-state index in [2.05, 4.69) is 4.90 Å². The summed E-state index contributed by atoms with van der Waals surface area (Å²) in [5, 5.41) is 18.1. The number of hydrogen-bond acceptors (Lipinski definition) is 3. The molecule has 0 amide bonds. The van der Waals surface area contributed by atoms with Crippen LogP contribution in [-0.4, -0.2) is 46.8 Å². The fourth-order valence-electron chi connectivity index (χ4n) is 1.89. The molecular formula is C10H19NO3. The number of nitrogens with zero attached hydrogens (tertiary/aromatic N) is 1. The lowest BCUT2D eigenvalue weighted by Crippen LogP contribution is -2.31. The van der Waals surface area contributed by atoms with Crippen molar-refractivity contribution in [1.82, 2.24) is 4.90 Å². The molecule has 1 aliphatic heterocycles. The van der Waals surface area contributed by atoms with Crippen LogP contribution in [0.15, 0.2) is 0 Å². The monoisotopic (exact) mass is 201 g/mol. The molecule has 0 aromatic rings. The first-order chi connectivity index (χ1) is 6.50. The third-order valence-electron chi connectivity index (χ3n) is 2.94. The number of carbonyl (C=O) groups is 1. The summed E-state index contributed by atoms with van der Waals surface area (Å²) >= 11 is 0. The fraction of sp³-hybridized carbons (Fsp3) is 0.900. The molecule has 1 rings (SSSR count). The smallest absolute Gasteiger partial charge is 0.307 e. The predicted octanol–water partition coefficient (Wildman–Crippen LogP) is 0.410. The zero-order valence-corrected chi connectivity index (χ0v) is 8.81. The summed E-state index contributed by atoms with van der Waals surface area (Å²) in [6.45, 7) is 5.86. The van der Waals surface area contributed by atoms with Gasteiger partial charge in [-0.05, 0) is 25.8 Å². The van der Waals surface area contributed by atoms with Crippen molar-refractivity contribution in [1.29, 1.82) is 0 Å². The van der Waals surface area contributed by atoms with Gasteiger partial charge < -0.3 is 15.1 Å². The lowest BCUT2D eigenvalue weighted by molar-refractivity contribution is -0.141. The molecule has 2 N–H and O–H groups in total. The van der Waals surface area contributed by atoms with Crippen LogP contribution in [0.5, 0.6) is 0 Å². The van der Waals surface area contributed by atoms with E-state index in [4.69, 9.17) is 5.11 Å². The average molecular weight is 201 g/mol. The molecule has 0 bridgehead atoms. The predicted molar refractivity (Wildman–Crippen MR) is 53.0 cm³/mol. The maximum atomic E-state index is 10.6. The molecule has 3 unspecified atom stereocenters. The molecule has 1 heterocycles. The first kappa shape index (κ1) is 11.5. The molecule has 0 saturated carbocycles. The summed E-state index contributed by atoms with van der Waals surface area (Å²) in [5.41, 5.74) is 0. The number of rotatable bonds is 4. The Kier molecular flexibility index (Phi) is 3.89. The Labute approximate surface area is 84.5 Å². The van der Waals surface area contributed by atoms with E-state index in [1.165, 1.54) is 0 Å². The van der Waals surface area contributed by atoms with E-state index in [1.54, 1.807) is 13.8 Å². The van der Waals surface area contributed by atoms with Gasteiger partial charge in [0, 0.05) is 13.1 Å². The van der Waals surface area contributed by atoms with Gasteiger partial charge in [-0.15, -0.1) is 0 Å². The highest BCUT2D eigenvalue weighted by Crippen LogP contribution is 2.20. The lowest BCUT2D eigenvalue weighted by Gasteiger charge is -2.19. The van der Waals surface area contributed by atoms with E-state index in [0.29, 0.717) is 12.5 Å². The van der Waals surface area contributed by atoms with E-state index >= 15 is 0 Å². The summed E-state index contributed by atoms with van der Waals surface area (Å²) < 4.78 is 0. The zero-order valence-electron chi connectivity index (χ0n) is 8.81. The summed E-state index contributed by atoms with van der Waals surface area (Å²) in [4.78, 5) is 12.7. The van der Waals surface area contributed by atoms with E-state index < -0.39 is 5.97 Å². The lowest BCUT2D eigenvalue weighted by atomic mass is 10.0. The Hall–Kier alpha value is -0.610. The minimum Gasteiger partial charge on any atom is -0.481 e. The van der Waals surface area contributed by atoms with Crippen LogP contribution in [-0.2, 0) is 4.79 Å². The molecule has 4 nitrogen and oxygen atoms in total. The van der Waals surface area contributed by atoms with Gasteiger partial charge in [0.1, 0.15) is 0 Å². The van der Waals surface area contributed by atoms with Crippen LogP contribution >= 0.6 is 0 Å². The first-order valence-electron chi connectivity index (χ1n) is 5.14. The van der Waals surface area contributed by atoms with Crippen molar-refractivity contribution in [2.24, 2.45) is 11.8 Å². The highest BCUT2D eigenvalue weighted by Gasteiger charge is 2.27. The molecule has 3 atom stereocenters. The number of carboxylic acids is 1. The Morgan fingerprint density at radius 3 is 2.64 bits per heavy atom. The van der Waals surface area contributed by atoms with Crippen LogP contribution in [0.25, 0.3) is 0 Å². The number of aliphatic hydroxyl groups is 1. The Bertz CT molecular complexity index is 206. The third-order valence-corrected chi connectivity index (χ3v) is 2.94. The quantitative estimate of drug-likeness (QED) is 0.691. The van der Waals surface area contributed by atoms with Gasteiger partial charge in [0.25, 0.3) is 0 Å². The molecule has 0 aromatic heterocycles. The highest BCUT2D eigenvalue weighted by molar-refractivity contribution is 5.69. The van der Waals surface area contributed by atoms with Gasteiger partial charge in [-0.25, -0.2) is 0 Å². The second kappa shape index (κ2) is 4.75. The summed E-state index contributed by atoms with van der Waals surface area (Å²) in [5.74, 6) is -0.746. The third kappa shape index (κ3) is 2.96. The van der Waals surface area contributed by atoms with Crippen molar-refractivity contribution in [3.05, 3.63) is 0 Å². The minimum atomic E-state index is -0.745. The highest BCUT2D eigenvalue weighted by atomic mass is 16.4. The SMILES string of the molecule is CC(CN1CCC(C(C)O)C1)C(=O)O. The Morgan fingerprint density at radius 1 is 1.57 bits per heavy atom.